The summed E-state index contributed by atoms with van der Waals surface area (Å²) in [4.78, 5) is 4.38. The molecule has 0 aromatic heterocycles. The first-order valence-electron chi connectivity index (χ1n) is 6.14. The summed E-state index contributed by atoms with van der Waals surface area (Å²) < 4.78 is 5.73. The van der Waals surface area contributed by atoms with Gasteiger partial charge in [-0.15, -0.1) is 0 Å². The van der Waals surface area contributed by atoms with Gasteiger partial charge in [-0.2, -0.15) is 0 Å². The number of hydrogen-bond acceptors (Lipinski definition) is 3. The van der Waals surface area contributed by atoms with Crippen LogP contribution in [0.1, 0.15) is 5.56 Å². The molecule has 0 radical (unpaired) electrons. The number of benzene rings is 2. The van der Waals surface area contributed by atoms with E-state index in [0.717, 1.165) is 30.2 Å². The third-order valence-electron chi connectivity index (χ3n) is 2.87. The summed E-state index contributed by atoms with van der Waals surface area (Å²) >= 11 is 6.05. The summed E-state index contributed by atoms with van der Waals surface area (Å²) in [6.07, 6.45) is 0. The van der Waals surface area contributed by atoms with E-state index in [9.17, 15) is 0 Å². The van der Waals surface area contributed by atoms with Gasteiger partial charge in [0, 0.05) is 12.1 Å². The number of aliphatic imine (C=N–C) groups is 1. The van der Waals surface area contributed by atoms with Crippen molar-refractivity contribution < 1.29 is 4.74 Å². The zero-order valence-corrected chi connectivity index (χ0v) is 11.0. The van der Waals surface area contributed by atoms with Gasteiger partial charge < -0.3 is 10.1 Å². The normalized spacial score (nSPS) is 13.8. The van der Waals surface area contributed by atoms with E-state index < -0.39 is 0 Å². The lowest BCUT2D eigenvalue weighted by Gasteiger charge is -2.08. The molecule has 2 aromatic carbocycles. The van der Waals surface area contributed by atoms with Crippen LogP contribution in [0.5, 0.6) is 11.5 Å². The molecule has 2 aromatic rings. The Bertz CT molecular complexity index is 608. The lowest BCUT2D eigenvalue weighted by molar-refractivity contribution is 0.483. The van der Waals surface area contributed by atoms with Gasteiger partial charge in [0.15, 0.2) is 0 Å². The maximum atomic E-state index is 6.05. The van der Waals surface area contributed by atoms with Crippen LogP contribution in [0.4, 0.5) is 0 Å². The van der Waals surface area contributed by atoms with Crippen molar-refractivity contribution in [1.82, 2.24) is 5.32 Å². The highest BCUT2D eigenvalue weighted by molar-refractivity contribution is 6.32. The molecule has 0 bridgehead atoms. The summed E-state index contributed by atoms with van der Waals surface area (Å²) in [6, 6.07) is 15.2. The minimum atomic E-state index is 0.605. The van der Waals surface area contributed by atoms with E-state index in [1.54, 1.807) is 0 Å². The predicted octanol–water partition coefficient (Wildman–Crippen LogP) is 3.48. The van der Waals surface area contributed by atoms with Crippen LogP contribution in [0, 0.1) is 0 Å². The Hall–Kier alpha value is -2.00. The molecule has 0 amide bonds. The molecule has 19 heavy (non-hydrogen) atoms. The number of ether oxygens (including phenoxy) is 1. The van der Waals surface area contributed by atoms with E-state index in [2.05, 4.69) is 10.3 Å². The van der Waals surface area contributed by atoms with Gasteiger partial charge in [-0.05, 0) is 36.4 Å². The van der Waals surface area contributed by atoms with Crippen molar-refractivity contribution in [1.29, 1.82) is 0 Å². The number of nitrogens with one attached hydrogen (secondary N) is 1. The first-order valence-corrected chi connectivity index (χ1v) is 6.52. The van der Waals surface area contributed by atoms with Crippen LogP contribution in [-0.4, -0.2) is 18.9 Å². The van der Waals surface area contributed by atoms with Crippen molar-refractivity contribution in [2.24, 2.45) is 4.99 Å². The highest BCUT2D eigenvalue weighted by Crippen LogP contribution is 2.28. The number of nitrogens with zero attached hydrogens (tertiary/aromatic N) is 1. The van der Waals surface area contributed by atoms with E-state index in [1.807, 2.05) is 48.5 Å². The Morgan fingerprint density at radius 3 is 2.53 bits per heavy atom. The summed E-state index contributed by atoms with van der Waals surface area (Å²) in [6.45, 7) is 1.75. The van der Waals surface area contributed by atoms with Crippen molar-refractivity contribution in [3.63, 3.8) is 0 Å². The standard InChI is InChI=1S/C15H13ClN2O/c16-13-3-1-2-4-14(13)19-12-7-5-11(6-8-12)15-17-9-10-18-15/h1-8H,9-10H2,(H,17,18). The maximum absolute atomic E-state index is 6.05. The van der Waals surface area contributed by atoms with Gasteiger partial charge in [-0.25, -0.2) is 0 Å². The molecule has 0 saturated carbocycles. The Balaban J connectivity index is 1.78. The van der Waals surface area contributed by atoms with E-state index >= 15 is 0 Å². The average molecular weight is 273 g/mol. The zero-order valence-electron chi connectivity index (χ0n) is 10.3. The molecule has 0 saturated heterocycles. The highest BCUT2D eigenvalue weighted by Gasteiger charge is 2.08. The smallest absolute Gasteiger partial charge is 0.146 e. The number of rotatable bonds is 3. The van der Waals surface area contributed by atoms with E-state index in [0.29, 0.717) is 10.8 Å². The molecule has 4 heteroatoms. The molecule has 0 fully saturated rings. The predicted molar refractivity (Wildman–Crippen MR) is 77.4 cm³/mol. The fraction of sp³-hybridized carbons (Fsp3) is 0.133. The molecule has 1 aliphatic heterocycles. The number of amidine groups is 1. The van der Waals surface area contributed by atoms with Crippen molar-refractivity contribution >= 4 is 17.4 Å². The SMILES string of the molecule is Clc1ccccc1Oc1ccc(C2=NCCN2)cc1. The molecule has 96 valence electrons. The quantitative estimate of drug-likeness (QED) is 0.928. The Morgan fingerprint density at radius 1 is 1.05 bits per heavy atom. The summed E-state index contributed by atoms with van der Waals surface area (Å²) in [5, 5.41) is 3.84. The summed E-state index contributed by atoms with van der Waals surface area (Å²) in [7, 11) is 0. The molecular formula is C15H13ClN2O. The monoisotopic (exact) mass is 272 g/mol. The fourth-order valence-corrected chi connectivity index (χ4v) is 2.10. The Kier molecular flexibility index (Phi) is 3.38. The number of halogens is 1. The Labute approximate surface area is 116 Å². The molecule has 1 N–H and O–H groups in total. The topological polar surface area (TPSA) is 33.6 Å². The van der Waals surface area contributed by atoms with Crippen molar-refractivity contribution in [2.75, 3.05) is 13.1 Å². The second kappa shape index (κ2) is 5.33. The Morgan fingerprint density at radius 2 is 1.84 bits per heavy atom. The molecular weight excluding hydrogens is 260 g/mol. The van der Waals surface area contributed by atoms with Gasteiger partial charge in [0.2, 0.25) is 0 Å². The van der Waals surface area contributed by atoms with E-state index in [1.165, 1.54) is 0 Å². The van der Waals surface area contributed by atoms with Crippen LogP contribution >= 0.6 is 11.6 Å². The third kappa shape index (κ3) is 2.71. The van der Waals surface area contributed by atoms with Crippen molar-refractivity contribution in [2.45, 2.75) is 0 Å². The van der Waals surface area contributed by atoms with Gasteiger partial charge in [-0.3, -0.25) is 4.99 Å². The number of hydrogen-bond donors (Lipinski definition) is 1. The second-order valence-corrected chi connectivity index (χ2v) is 4.62. The first-order chi connectivity index (χ1) is 9.33. The minimum absolute atomic E-state index is 0.605. The summed E-state index contributed by atoms with van der Waals surface area (Å²) in [5.74, 6) is 2.37. The third-order valence-corrected chi connectivity index (χ3v) is 3.18. The van der Waals surface area contributed by atoms with Crippen LogP contribution in [0.2, 0.25) is 5.02 Å². The van der Waals surface area contributed by atoms with Gasteiger partial charge in [0.25, 0.3) is 0 Å². The average Bonchev–Trinajstić information content (AvgIpc) is 2.96. The molecule has 0 spiro atoms. The van der Waals surface area contributed by atoms with Crippen LogP contribution in [-0.2, 0) is 0 Å². The van der Waals surface area contributed by atoms with Crippen LogP contribution < -0.4 is 10.1 Å². The largest absolute Gasteiger partial charge is 0.456 e. The molecule has 1 aliphatic rings. The molecule has 3 rings (SSSR count). The summed E-state index contributed by atoms with van der Waals surface area (Å²) in [5.41, 5.74) is 1.07. The minimum Gasteiger partial charge on any atom is -0.456 e. The van der Waals surface area contributed by atoms with Gasteiger partial charge in [-0.1, -0.05) is 23.7 Å². The van der Waals surface area contributed by atoms with Crippen molar-refractivity contribution in [3.05, 3.63) is 59.1 Å². The van der Waals surface area contributed by atoms with Crippen molar-refractivity contribution in [3.8, 4) is 11.5 Å². The van der Waals surface area contributed by atoms with Crippen LogP contribution in [0.3, 0.4) is 0 Å². The molecule has 1 heterocycles. The fourth-order valence-electron chi connectivity index (χ4n) is 1.93. The number of para-hydroxylation sites is 1. The lowest BCUT2D eigenvalue weighted by atomic mass is 10.2. The second-order valence-electron chi connectivity index (χ2n) is 4.21. The molecule has 0 aliphatic carbocycles. The van der Waals surface area contributed by atoms with Crippen LogP contribution in [0.15, 0.2) is 53.5 Å². The van der Waals surface area contributed by atoms with Gasteiger partial charge >= 0.3 is 0 Å². The zero-order chi connectivity index (χ0) is 13.1. The molecule has 0 unspecified atom stereocenters. The molecule has 3 nitrogen and oxygen atoms in total. The van der Waals surface area contributed by atoms with Crippen LogP contribution in [0.25, 0.3) is 0 Å². The lowest BCUT2D eigenvalue weighted by Crippen LogP contribution is -2.19. The van der Waals surface area contributed by atoms with E-state index in [-0.39, 0.29) is 0 Å². The first kappa shape index (κ1) is 12.1. The highest BCUT2D eigenvalue weighted by atomic mass is 35.5. The maximum Gasteiger partial charge on any atom is 0.146 e. The molecule has 0 atom stereocenters. The van der Waals surface area contributed by atoms with Gasteiger partial charge in [0.05, 0.1) is 11.6 Å². The van der Waals surface area contributed by atoms with Gasteiger partial charge in [0.1, 0.15) is 17.3 Å². The van der Waals surface area contributed by atoms with E-state index in [4.69, 9.17) is 16.3 Å².